The van der Waals surface area contributed by atoms with Crippen LogP contribution in [0.4, 0.5) is 0 Å². The first-order chi connectivity index (χ1) is 12.9. The Morgan fingerprint density at radius 3 is 2.19 bits per heavy atom. The van der Waals surface area contributed by atoms with Crippen molar-refractivity contribution in [3.05, 3.63) is 52.3 Å². The molecule has 0 atom stereocenters. The zero-order valence-corrected chi connectivity index (χ0v) is 18.2. The maximum Gasteiger partial charge on any atom is 0.153 e. The summed E-state index contributed by atoms with van der Waals surface area (Å²) in [5.74, 6) is 0.869. The highest BCUT2D eigenvalue weighted by molar-refractivity contribution is 8.02. The van der Waals surface area contributed by atoms with Crippen molar-refractivity contribution in [1.29, 1.82) is 0 Å². The van der Waals surface area contributed by atoms with Gasteiger partial charge in [0, 0.05) is 25.6 Å². The lowest BCUT2D eigenvalue weighted by Crippen LogP contribution is -2.00. The number of rotatable bonds is 4. The van der Waals surface area contributed by atoms with E-state index in [-0.39, 0.29) is 0 Å². The van der Waals surface area contributed by atoms with Crippen LogP contribution in [0, 0.1) is 13.8 Å². The molecule has 0 bridgehead atoms. The number of nitrogens with zero attached hydrogens (tertiary/aromatic N) is 3. The smallest absolute Gasteiger partial charge is 0.153 e. The van der Waals surface area contributed by atoms with Gasteiger partial charge in [-0.2, -0.15) is 5.10 Å². The van der Waals surface area contributed by atoms with E-state index in [2.05, 4.69) is 14.8 Å². The molecule has 0 aliphatic rings. The van der Waals surface area contributed by atoms with Crippen LogP contribution in [-0.2, 0) is 14.3 Å². The molecule has 0 aromatic carbocycles. The maximum atomic E-state index is 10.0. The van der Waals surface area contributed by atoms with E-state index < -0.39 is 0 Å². The van der Waals surface area contributed by atoms with Gasteiger partial charge >= 0.3 is 0 Å². The quantitative estimate of drug-likeness (QED) is 0.573. The van der Waals surface area contributed by atoms with Crippen molar-refractivity contribution in [2.24, 2.45) is 0 Å². The van der Waals surface area contributed by atoms with Crippen LogP contribution < -0.4 is 0 Å². The molecular weight excluding hydrogens is 362 g/mol. The van der Waals surface area contributed by atoms with E-state index in [1.165, 1.54) is 5.56 Å². The summed E-state index contributed by atoms with van der Waals surface area (Å²) < 4.78 is 6.38. The summed E-state index contributed by atoms with van der Waals surface area (Å²) in [6.07, 6.45) is 6.46. The van der Waals surface area contributed by atoms with Crippen molar-refractivity contribution in [2.45, 2.75) is 34.6 Å². The lowest BCUT2D eigenvalue weighted by Gasteiger charge is -2.01. The van der Waals surface area contributed by atoms with Gasteiger partial charge in [-0.05, 0) is 69.0 Å². The first-order valence-electron chi connectivity index (χ1n) is 8.29. The van der Waals surface area contributed by atoms with Crippen LogP contribution in [0.5, 0.6) is 0 Å². The van der Waals surface area contributed by atoms with E-state index in [9.17, 15) is 4.79 Å². The Balaban J connectivity index is 0. The number of allylic oxidation sites excluding steroid dienone is 2. The van der Waals surface area contributed by atoms with E-state index in [0.717, 1.165) is 34.9 Å². The van der Waals surface area contributed by atoms with Gasteiger partial charge in [-0.3, -0.25) is 4.79 Å². The second-order valence-corrected chi connectivity index (χ2v) is 6.17. The lowest BCUT2D eigenvalue weighted by molar-refractivity contribution is -0.105. The summed E-state index contributed by atoms with van der Waals surface area (Å²) in [5.41, 5.74) is 3.15. The molecule has 2 aromatic heterocycles. The molecule has 0 amide bonds. The van der Waals surface area contributed by atoms with Gasteiger partial charge in [0.05, 0.1) is 6.20 Å². The summed E-state index contributed by atoms with van der Waals surface area (Å²) in [4.78, 5) is 23.4. The maximum absolute atomic E-state index is 10.0. The van der Waals surface area contributed by atoms with Gasteiger partial charge in [-0.15, -0.1) is 11.8 Å². The van der Waals surface area contributed by atoms with Crippen LogP contribution in [0.1, 0.15) is 32.0 Å². The minimum Gasteiger partial charge on any atom is -0.385 e. The van der Waals surface area contributed by atoms with Crippen molar-refractivity contribution in [3.63, 3.8) is 0 Å². The third-order valence-electron chi connectivity index (χ3n) is 3.45. The van der Waals surface area contributed by atoms with Crippen LogP contribution in [0.15, 0.2) is 41.1 Å². The number of methoxy groups -OCH3 is 1. The highest BCUT2D eigenvalue weighted by Gasteiger charge is 2.03. The predicted octanol–water partition coefficient (Wildman–Crippen LogP) is 4.19. The van der Waals surface area contributed by atoms with Crippen molar-refractivity contribution < 1.29 is 14.3 Å². The molecule has 0 N–H and O–H groups in total. The fraction of sp³-hybridized carbons (Fsp3) is 0.400. The highest BCUT2D eigenvalue weighted by atomic mass is 32.2. The third kappa shape index (κ3) is 11.1. The van der Waals surface area contributed by atoms with Crippen LogP contribution in [0.2, 0.25) is 0 Å². The molecule has 0 aliphatic heterocycles. The van der Waals surface area contributed by atoms with Crippen molar-refractivity contribution in [2.75, 3.05) is 20.0 Å². The minimum atomic E-state index is 0.819. The molecule has 0 radical (unpaired) electrons. The molecule has 7 heteroatoms. The number of pyridine rings is 1. The fourth-order valence-corrected chi connectivity index (χ4v) is 1.82. The largest absolute Gasteiger partial charge is 0.385 e. The molecule has 6 nitrogen and oxygen atoms in total. The number of aromatic nitrogens is 3. The molecule has 0 unspecified atom stereocenters. The lowest BCUT2D eigenvalue weighted by atomic mass is 10.3. The van der Waals surface area contributed by atoms with E-state index >= 15 is 0 Å². The molecule has 2 rings (SSSR count). The zero-order chi connectivity index (χ0) is 21.2. The number of carbonyl (C=O) groups is 2. The molecule has 2 aromatic rings. The van der Waals surface area contributed by atoms with Gasteiger partial charge in [-0.1, -0.05) is 6.07 Å². The summed E-state index contributed by atoms with van der Waals surface area (Å²) in [6.45, 7) is 12.6. The van der Waals surface area contributed by atoms with Crippen LogP contribution in [-0.4, -0.2) is 47.8 Å². The van der Waals surface area contributed by atoms with Crippen LogP contribution in [0.25, 0.3) is 5.82 Å². The number of thioether (sulfide) groups is 1. The Kier molecular flexibility index (Phi) is 17.2. The number of hydrogen-bond donors (Lipinski definition) is 0. The van der Waals surface area contributed by atoms with Crippen molar-refractivity contribution in [1.82, 2.24) is 14.8 Å². The number of carbonyl (C=O) groups excluding carboxylic acids is 2. The summed E-state index contributed by atoms with van der Waals surface area (Å²) >= 11 is 1.61. The SMILES string of the molecule is C=O.CCOC.CS/C(C)=C(\C)C=O.Cc1cnn(-c2ccccn2)c1C. The second-order valence-electron chi connectivity index (χ2n) is 5.15. The first kappa shape index (κ1) is 27.0. The first-order valence-corrected chi connectivity index (χ1v) is 9.52. The molecular formula is C20H31N3O3S. The standard InChI is InChI=1S/C10H11N3.C6H10OS.C3H8O.CH2O/c1-8-7-12-13(9(8)2)10-5-3-4-6-11-10;1-5(4-7)6(2)8-3;1-3-4-2;1-2/h3-7H,1-2H3;4H,1-3H3;3H2,1-2H3;1H2/b;6-5+;;. The fourth-order valence-electron chi connectivity index (χ4n) is 1.45. The van der Waals surface area contributed by atoms with Crippen molar-refractivity contribution >= 4 is 24.8 Å². The zero-order valence-electron chi connectivity index (χ0n) is 17.4. The van der Waals surface area contributed by atoms with Crippen LogP contribution in [0.3, 0.4) is 0 Å². The number of hydrogen-bond acceptors (Lipinski definition) is 6. The summed E-state index contributed by atoms with van der Waals surface area (Å²) in [6, 6.07) is 5.80. The minimum absolute atomic E-state index is 0.819. The molecule has 150 valence electrons. The second kappa shape index (κ2) is 17.2. The molecule has 0 aliphatic carbocycles. The summed E-state index contributed by atoms with van der Waals surface area (Å²) in [7, 11) is 1.68. The van der Waals surface area contributed by atoms with Gasteiger partial charge in [0.15, 0.2) is 5.82 Å². The molecule has 27 heavy (non-hydrogen) atoms. The Hall–Kier alpha value is -2.25. The van der Waals surface area contributed by atoms with Gasteiger partial charge < -0.3 is 9.53 Å². The monoisotopic (exact) mass is 393 g/mol. The molecule has 2 heterocycles. The predicted molar refractivity (Wildman–Crippen MR) is 113 cm³/mol. The normalized spacial score (nSPS) is 10.0. The van der Waals surface area contributed by atoms with E-state index in [1.54, 1.807) is 25.1 Å². The van der Waals surface area contributed by atoms with Gasteiger partial charge in [-0.25, -0.2) is 9.67 Å². The molecule has 0 saturated heterocycles. The number of aryl methyl sites for hydroxylation is 1. The van der Waals surface area contributed by atoms with Gasteiger partial charge in [0.2, 0.25) is 0 Å². The Labute approximate surface area is 167 Å². The van der Waals surface area contributed by atoms with E-state index in [1.807, 2.05) is 76.7 Å². The van der Waals surface area contributed by atoms with E-state index in [0.29, 0.717) is 0 Å². The Bertz CT molecular complexity index is 668. The van der Waals surface area contributed by atoms with Gasteiger partial charge in [0.1, 0.15) is 13.1 Å². The molecule has 0 fully saturated rings. The average Bonchev–Trinajstić information content (AvgIpc) is 3.08. The summed E-state index contributed by atoms with van der Waals surface area (Å²) in [5, 5.41) is 4.24. The number of ether oxygens (including phenoxy) is 1. The third-order valence-corrected chi connectivity index (χ3v) is 4.38. The Morgan fingerprint density at radius 1 is 1.30 bits per heavy atom. The van der Waals surface area contributed by atoms with Crippen LogP contribution >= 0.6 is 11.8 Å². The average molecular weight is 394 g/mol. The number of aldehydes is 1. The molecule has 0 spiro atoms. The van der Waals surface area contributed by atoms with Gasteiger partial charge in [0.25, 0.3) is 0 Å². The molecule has 0 saturated carbocycles. The Morgan fingerprint density at radius 2 is 1.89 bits per heavy atom. The topological polar surface area (TPSA) is 74.1 Å². The van der Waals surface area contributed by atoms with Crippen molar-refractivity contribution in [3.8, 4) is 5.82 Å². The van der Waals surface area contributed by atoms with E-state index in [4.69, 9.17) is 4.79 Å². The highest BCUT2D eigenvalue weighted by Crippen LogP contribution is 2.13.